The van der Waals surface area contributed by atoms with Gasteiger partial charge in [-0.3, -0.25) is 0 Å². The fourth-order valence-corrected chi connectivity index (χ4v) is 2.76. The number of carbonyl (C=O) groups excluding carboxylic acids is 1. The number of urea groups is 1. The van der Waals surface area contributed by atoms with E-state index in [1.807, 2.05) is 32.9 Å². The van der Waals surface area contributed by atoms with Gasteiger partial charge in [0.25, 0.3) is 0 Å². The molecule has 0 unspecified atom stereocenters. The maximum atomic E-state index is 11.8. The van der Waals surface area contributed by atoms with Crippen LogP contribution in [0.1, 0.15) is 36.6 Å². The van der Waals surface area contributed by atoms with Crippen LogP contribution in [0.3, 0.4) is 0 Å². The molecule has 0 aliphatic heterocycles. The molecule has 0 aliphatic carbocycles. The van der Waals surface area contributed by atoms with E-state index in [9.17, 15) is 13.2 Å². The van der Waals surface area contributed by atoms with E-state index in [1.165, 1.54) is 0 Å². The Balaban J connectivity index is 2.51. The molecule has 2 N–H and O–H groups in total. The third-order valence-electron chi connectivity index (χ3n) is 3.23. The van der Waals surface area contributed by atoms with Gasteiger partial charge >= 0.3 is 6.03 Å². The fraction of sp³-hybridized carbons (Fsp3) is 0.533. The van der Waals surface area contributed by atoms with Crippen LogP contribution in [0.4, 0.5) is 4.79 Å². The Hall–Kier alpha value is -1.56. The molecule has 1 atom stereocenters. The fourth-order valence-electron chi connectivity index (χ4n) is 2.06. The van der Waals surface area contributed by atoms with Crippen molar-refractivity contribution in [2.45, 2.75) is 33.7 Å². The van der Waals surface area contributed by atoms with Gasteiger partial charge in [-0.05, 0) is 26.3 Å². The van der Waals surface area contributed by atoms with E-state index in [4.69, 9.17) is 0 Å². The summed E-state index contributed by atoms with van der Waals surface area (Å²) in [4.78, 5) is 11.8. The van der Waals surface area contributed by atoms with Crippen molar-refractivity contribution >= 4 is 15.9 Å². The van der Waals surface area contributed by atoms with E-state index in [0.29, 0.717) is 0 Å². The monoisotopic (exact) mass is 312 g/mol. The first-order chi connectivity index (χ1) is 9.73. The highest BCUT2D eigenvalue weighted by Gasteiger charge is 2.11. The normalized spacial score (nSPS) is 12.8. The molecule has 0 spiro atoms. The summed E-state index contributed by atoms with van der Waals surface area (Å²) in [7, 11) is -3.05. The van der Waals surface area contributed by atoms with Gasteiger partial charge in [-0.2, -0.15) is 0 Å². The predicted octanol–water partition coefficient (Wildman–Crippen LogP) is 2.10. The molecule has 0 radical (unpaired) electrons. The Morgan fingerprint density at radius 1 is 1.19 bits per heavy atom. The van der Waals surface area contributed by atoms with Gasteiger partial charge in [0.05, 0.1) is 11.8 Å². The molecule has 5 nitrogen and oxygen atoms in total. The van der Waals surface area contributed by atoms with E-state index in [-0.39, 0.29) is 30.1 Å². The summed E-state index contributed by atoms with van der Waals surface area (Å²) in [5.41, 5.74) is 3.32. The summed E-state index contributed by atoms with van der Waals surface area (Å²) in [5, 5.41) is 5.38. The lowest BCUT2D eigenvalue weighted by molar-refractivity contribution is 0.238. The zero-order valence-electron chi connectivity index (χ0n) is 13.1. The van der Waals surface area contributed by atoms with Crippen molar-refractivity contribution in [2.75, 3.05) is 18.1 Å². The van der Waals surface area contributed by atoms with Crippen LogP contribution in [0.25, 0.3) is 0 Å². The van der Waals surface area contributed by atoms with Crippen molar-refractivity contribution < 1.29 is 13.2 Å². The van der Waals surface area contributed by atoms with Crippen LogP contribution in [-0.4, -0.2) is 32.5 Å². The van der Waals surface area contributed by atoms with Crippen LogP contribution < -0.4 is 10.6 Å². The van der Waals surface area contributed by atoms with Gasteiger partial charge in [0, 0.05) is 12.3 Å². The number of amides is 2. The Morgan fingerprint density at radius 2 is 1.76 bits per heavy atom. The molecule has 1 aromatic carbocycles. The summed E-state index contributed by atoms with van der Waals surface area (Å²) in [6, 6.07) is 5.64. The third-order valence-corrected chi connectivity index (χ3v) is 4.94. The predicted molar refractivity (Wildman–Crippen MR) is 85.2 cm³/mol. The Labute approximate surface area is 127 Å². The summed E-state index contributed by atoms with van der Waals surface area (Å²) in [6.45, 7) is 7.65. The Morgan fingerprint density at radius 3 is 2.29 bits per heavy atom. The zero-order chi connectivity index (χ0) is 16.0. The van der Waals surface area contributed by atoms with Crippen molar-refractivity contribution in [3.8, 4) is 0 Å². The molecule has 0 fully saturated rings. The number of nitrogens with one attached hydrogen (secondary N) is 2. The number of benzene rings is 1. The van der Waals surface area contributed by atoms with Crippen molar-refractivity contribution in [3.63, 3.8) is 0 Å². The van der Waals surface area contributed by atoms with Crippen molar-refractivity contribution in [3.05, 3.63) is 34.9 Å². The molecule has 0 aliphatic rings. The Bertz CT molecular complexity index is 577. The number of sulfone groups is 1. The van der Waals surface area contributed by atoms with Crippen LogP contribution in [0.5, 0.6) is 0 Å². The van der Waals surface area contributed by atoms with Gasteiger partial charge in [0.15, 0.2) is 9.84 Å². The first-order valence-corrected chi connectivity index (χ1v) is 8.88. The Kier molecular flexibility index (Phi) is 6.20. The van der Waals surface area contributed by atoms with Gasteiger partial charge in [0.2, 0.25) is 0 Å². The molecule has 0 saturated heterocycles. The minimum absolute atomic E-state index is 0.0329. The second-order valence-corrected chi connectivity index (χ2v) is 7.75. The molecule has 118 valence electrons. The van der Waals surface area contributed by atoms with E-state index < -0.39 is 9.84 Å². The van der Waals surface area contributed by atoms with Gasteiger partial charge in [-0.1, -0.05) is 36.2 Å². The lowest BCUT2D eigenvalue weighted by Gasteiger charge is -2.16. The SMILES string of the molecule is CCS(=O)(=O)CCNC(=O)N[C@@H](C)c1cc(C)cc(C)c1. The first-order valence-electron chi connectivity index (χ1n) is 7.06. The lowest BCUT2D eigenvalue weighted by Crippen LogP contribution is -2.39. The van der Waals surface area contributed by atoms with Crippen LogP contribution in [0.15, 0.2) is 18.2 Å². The molecular formula is C15H24N2O3S. The molecule has 0 heterocycles. The molecule has 2 amide bonds. The average molecular weight is 312 g/mol. The maximum Gasteiger partial charge on any atom is 0.315 e. The van der Waals surface area contributed by atoms with E-state index in [0.717, 1.165) is 16.7 Å². The van der Waals surface area contributed by atoms with Crippen molar-refractivity contribution in [1.82, 2.24) is 10.6 Å². The second-order valence-electron chi connectivity index (χ2n) is 5.28. The zero-order valence-corrected chi connectivity index (χ0v) is 13.9. The van der Waals surface area contributed by atoms with E-state index >= 15 is 0 Å². The third kappa shape index (κ3) is 6.16. The highest BCUT2D eigenvalue weighted by molar-refractivity contribution is 7.91. The largest absolute Gasteiger partial charge is 0.337 e. The number of aryl methyl sites for hydroxylation is 2. The van der Waals surface area contributed by atoms with E-state index in [1.54, 1.807) is 6.92 Å². The molecule has 0 saturated carbocycles. The number of carbonyl (C=O) groups is 1. The van der Waals surface area contributed by atoms with Gasteiger partial charge in [0.1, 0.15) is 0 Å². The molecule has 6 heteroatoms. The summed E-state index contributed by atoms with van der Waals surface area (Å²) >= 11 is 0. The summed E-state index contributed by atoms with van der Waals surface area (Å²) in [5.74, 6) is 0.0596. The molecule has 1 aromatic rings. The quantitative estimate of drug-likeness (QED) is 0.844. The summed E-state index contributed by atoms with van der Waals surface area (Å²) in [6.07, 6.45) is 0. The molecule has 21 heavy (non-hydrogen) atoms. The van der Waals surface area contributed by atoms with Crippen LogP contribution in [0, 0.1) is 13.8 Å². The number of rotatable bonds is 6. The second kappa shape index (κ2) is 7.45. The summed E-state index contributed by atoms with van der Waals surface area (Å²) < 4.78 is 22.7. The molecule has 1 rings (SSSR count). The van der Waals surface area contributed by atoms with Crippen LogP contribution in [0.2, 0.25) is 0 Å². The highest BCUT2D eigenvalue weighted by atomic mass is 32.2. The minimum atomic E-state index is -3.05. The van der Waals surface area contributed by atoms with Gasteiger partial charge in [-0.25, -0.2) is 13.2 Å². The van der Waals surface area contributed by atoms with Crippen LogP contribution in [-0.2, 0) is 9.84 Å². The van der Waals surface area contributed by atoms with Gasteiger partial charge in [-0.15, -0.1) is 0 Å². The first kappa shape index (κ1) is 17.5. The van der Waals surface area contributed by atoms with Crippen LogP contribution >= 0.6 is 0 Å². The lowest BCUT2D eigenvalue weighted by atomic mass is 10.0. The molecule has 0 bridgehead atoms. The van der Waals surface area contributed by atoms with Crippen molar-refractivity contribution in [1.29, 1.82) is 0 Å². The van der Waals surface area contributed by atoms with E-state index in [2.05, 4.69) is 16.7 Å². The topological polar surface area (TPSA) is 75.3 Å². The standard InChI is InChI=1S/C15H24N2O3S/c1-5-21(19,20)7-6-16-15(18)17-13(4)14-9-11(2)8-12(3)10-14/h8-10,13H,5-7H2,1-4H3,(H2,16,17,18)/t13-/m0/s1. The average Bonchev–Trinajstić information content (AvgIpc) is 2.37. The highest BCUT2D eigenvalue weighted by Crippen LogP contribution is 2.16. The minimum Gasteiger partial charge on any atom is -0.337 e. The number of hydrogen-bond donors (Lipinski definition) is 2. The molecular weight excluding hydrogens is 288 g/mol. The maximum absolute atomic E-state index is 11.8. The molecule has 0 aromatic heterocycles. The number of hydrogen-bond acceptors (Lipinski definition) is 3. The van der Waals surface area contributed by atoms with Crippen molar-refractivity contribution in [2.24, 2.45) is 0 Å². The van der Waals surface area contributed by atoms with Gasteiger partial charge < -0.3 is 10.6 Å². The smallest absolute Gasteiger partial charge is 0.315 e.